The van der Waals surface area contributed by atoms with Gasteiger partial charge in [0.15, 0.2) is 0 Å². The number of halogens is 1. The van der Waals surface area contributed by atoms with Gasteiger partial charge in [-0.2, -0.15) is 4.39 Å². The van der Waals surface area contributed by atoms with Crippen molar-refractivity contribution in [1.29, 1.82) is 0 Å². The zero-order valence-electron chi connectivity index (χ0n) is 18.7. The number of nitrogens with zero attached hydrogens (tertiary/aromatic N) is 7. The molecule has 11 nitrogen and oxygen atoms in total. The van der Waals surface area contributed by atoms with E-state index in [-0.39, 0.29) is 5.69 Å². The van der Waals surface area contributed by atoms with E-state index in [0.29, 0.717) is 17.1 Å². The maximum atomic E-state index is 13.4. The smallest absolute Gasteiger partial charge is 0.327 e. The molecule has 12 heteroatoms. The summed E-state index contributed by atoms with van der Waals surface area (Å²) in [7, 11) is 0. The van der Waals surface area contributed by atoms with Gasteiger partial charge in [0.25, 0.3) is 5.69 Å². The molecule has 180 valence electrons. The number of hydrogen-bond donors (Lipinski definition) is 0. The largest absolute Gasteiger partial charge is 0.366 e. The lowest BCUT2D eigenvalue weighted by Gasteiger charge is -2.28. The van der Waals surface area contributed by atoms with Gasteiger partial charge in [-0.3, -0.25) is 20.2 Å². The predicted octanol–water partition coefficient (Wildman–Crippen LogP) is 6.25. The van der Waals surface area contributed by atoms with Crippen LogP contribution >= 0.6 is 0 Å². The summed E-state index contributed by atoms with van der Waals surface area (Å²) in [4.78, 5) is 27.4. The molecule has 0 unspecified atom stereocenters. The summed E-state index contributed by atoms with van der Waals surface area (Å²) in [5.41, 5.74) is 9.43. The fourth-order valence-corrected chi connectivity index (χ4v) is 4.24. The Morgan fingerprint density at radius 1 is 0.853 bits per heavy atom. The van der Waals surface area contributed by atoms with Crippen LogP contribution in [0.5, 0.6) is 0 Å². The number of nitro groups is 2. The quantitative estimate of drug-likeness (QED) is 0.166. The Morgan fingerprint density at radius 2 is 1.44 bits per heavy atom. The number of para-hydroxylation sites is 1. The minimum atomic E-state index is -0.756. The molecular weight excluding hydrogens is 445 g/mol. The minimum absolute atomic E-state index is 0.0637. The minimum Gasteiger partial charge on any atom is -0.366 e. The van der Waals surface area contributed by atoms with Gasteiger partial charge in [-0.05, 0) is 68.3 Å². The predicted molar refractivity (Wildman–Crippen MR) is 127 cm³/mol. The zero-order chi connectivity index (χ0) is 24.5. The molecule has 2 saturated heterocycles. The van der Waals surface area contributed by atoms with E-state index in [1.807, 2.05) is 9.80 Å². The first-order valence-electron chi connectivity index (χ1n) is 11.2. The molecule has 2 aliphatic heterocycles. The second-order valence-electron chi connectivity index (χ2n) is 8.08. The van der Waals surface area contributed by atoms with Crippen molar-refractivity contribution in [2.45, 2.75) is 38.5 Å². The summed E-state index contributed by atoms with van der Waals surface area (Å²) in [6.07, 6.45) is 6.37. The van der Waals surface area contributed by atoms with Crippen LogP contribution in [0.25, 0.3) is 10.4 Å². The van der Waals surface area contributed by atoms with E-state index < -0.39 is 21.4 Å². The van der Waals surface area contributed by atoms with Gasteiger partial charge in [-0.15, -0.1) is 0 Å². The number of piperidine rings is 2. The van der Waals surface area contributed by atoms with Crippen LogP contribution in [0.3, 0.4) is 0 Å². The van der Waals surface area contributed by atoms with Crippen molar-refractivity contribution >= 4 is 28.4 Å². The number of nitro benzene ring substituents is 2. The van der Waals surface area contributed by atoms with Crippen molar-refractivity contribution in [2.75, 3.05) is 36.0 Å². The fourth-order valence-electron chi connectivity index (χ4n) is 4.24. The molecule has 0 radical (unpaired) electrons. The van der Waals surface area contributed by atoms with Crippen molar-refractivity contribution in [3.8, 4) is 0 Å². The van der Waals surface area contributed by atoms with Crippen molar-refractivity contribution in [2.24, 2.45) is 5.11 Å². The van der Waals surface area contributed by atoms with Crippen molar-refractivity contribution in [3.05, 3.63) is 72.9 Å². The van der Waals surface area contributed by atoms with Crippen molar-refractivity contribution < 1.29 is 14.2 Å². The van der Waals surface area contributed by atoms with E-state index >= 15 is 0 Å². The van der Waals surface area contributed by atoms with Crippen LogP contribution in [0.2, 0.25) is 0 Å². The number of anilines is 2. The Morgan fingerprint density at radius 3 is 1.97 bits per heavy atom. The molecule has 0 amide bonds. The highest BCUT2D eigenvalue weighted by Gasteiger charge is 2.25. The van der Waals surface area contributed by atoms with Crippen molar-refractivity contribution in [3.63, 3.8) is 0 Å². The van der Waals surface area contributed by atoms with Crippen LogP contribution in [0.15, 0.2) is 41.5 Å². The van der Waals surface area contributed by atoms with Gasteiger partial charge in [-0.25, -0.2) is 0 Å². The Kier molecular flexibility index (Phi) is 8.58. The molecule has 2 aromatic rings. The normalized spacial score (nSPS) is 15.6. The van der Waals surface area contributed by atoms with E-state index in [9.17, 15) is 24.6 Å². The third-order valence-corrected chi connectivity index (χ3v) is 5.86. The summed E-state index contributed by atoms with van der Waals surface area (Å²) >= 11 is 0. The molecule has 0 bridgehead atoms. The Hall–Kier alpha value is -3.92. The molecule has 0 aliphatic carbocycles. The molecule has 2 aliphatic rings. The van der Waals surface area contributed by atoms with E-state index in [2.05, 4.69) is 10.0 Å². The summed E-state index contributed by atoms with van der Waals surface area (Å²) in [5, 5.41) is 25.3. The highest BCUT2D eigenvalue weighted by molar-refractivity contribution is 5.68. The summed E-state index contributed by atoms with van der Waals surface area (Å²) < 4.78 is 13.4. The van der Waals surface area contributed by atoms with Crippen LogP contribution < -0.4 is 9.80 Å². The first-order valence-corrected chi connectivity index (χ1v) is 11.2. The Balaban J connectivity index is 0.000000192. The molecule has 0 spiro atoms. The number of hydrogen-bond acceptors (Lipinski definition) is 7. The average Bonchev–Trinajstić information content (AvgIpc) is 2.85. The van der Waals surface area contributed by atoms with Crippen LogP contribution in [-0.4, -0.2) is 36.0 Å². The number of rotatable bonds is 5. The van der Waals surface area contributed by atoms with Gasteiger partial charge >= 0.3 is 5.69 Å². The molecule has 4 rings (SSSR count). The average molecular weight is 471 g/mol. The number of azide groups is 1. The summed E-state index contributed by atoms with van der Waals surface area (Å²) in [6, 6.07) is 8.72. The summed E-state index contributed by atoms with van der Waals surface area (Å²) in [5.74, 6) is -0.756. The van der Waals surface area contributed by atoms with Gasteiger partial charge in [-0.1, -0.05) is 11.2 Å². The molecular formula is C22H26FN7O4. The summed E-state index contributed by atoms with van der Waals surface area (Å²) in [6.45, 7) is 3.15. The zero-order valence-corrected chi connectivity index (χ0v) is 18.7. The number of benzene rings is 2. The first-order chi connectivity index (χ1) is 16.4. The van der Waals surface area contributed by atoms with Gasteiger partial charge < -0.3 is 9.80 Å². The first kappa shape index (κ1) is 24.7. The van der Waals surface area contributed by atoms with E-state index in [1.54, 1.807) is 12.1 Å². The van der Waals surface area contributed by atoms with Crippen LogP contribution in [0.1, 0.15) is 38.5 Å². The van der Waals surface area contributed by atoms with Crippen LogP contribution in [0, 0.1) is 26.0 Å². The van der Waals surface area contributed by atoms with Gasteiger partial charge in [0.2, 0.25) is 5.82 Å². The fraction of sp³-hybridized carbons (Fsp3) is 0.455. The standard InChI is InChI=1S/C11H13FN2O2.C11H13N5O2/c12-9-5-4-6-10(11(9)14(15)16)13-7-2-1-3-8-13;12-14-13-9-4-5-10(16(17)18)11(8-9)15-6-2-1-3-7-15/h4-6H,1-3,7-8H2;4-5,8H,1-3,6-7H2. The van der Waals surface area contributed by atoms with E-state index in [4.69, 9.17) is 5.53 Å². The third-order valence-electron chi connectivity index (χ3n) is 5.86. The molecule has 0 atom stereocenters. The second kappa shape index (κ2) is 11.8. The lowest BCUT2D eigenvalue weighted by Crippen LogP contribution is -2.30. The van der Waals surface area contributed by atoms with Gasteiger partial charge in [0.05, 0.1) is 9.85 Å². The molecule has 0 N–H and O–H groups in total. The highest BCUT2D eigenvalue weighted by Crippen LogP contribution is 2.34. The molecule has 0 aromatic heterocycles. The lowest BCUT2D eigenvalue weighted by atomic mass is 10.1. The van der Waals surface area contributed by atoms with Crippen LogP contribution in [-0.2, 0) is 0 Å². The topological polar surface area (TPSA) is 142 Å². The van der Waals surface area contributed by atoms with E-state index in [0.717, 1.165) is 70.8 Å². The van der Waals surface area contributed by atoms with Crippen molar-refractivity contribution in [1.82, 2.24) is 0 Å². The van der Waals surface area contributed by atoms with E-state index in [1.165, 1.54) is 18.2 Å². The molecule has 34 heavy (non-hydrogen) atoms. The Labute approximate surface area is 195 Å². The second-order valence-corrected chi connectivity index (χ2v) is 8.08. The molecule has 2 aromatic carbocycles. The molecule has 0 saturated carbocycles. The monoisotopic (exact) mass is 471 g/mol. The maximum Gasteiger partial charge on any atom is 0.327 e. The maximum absolute atomic E-state index is 13.4. The third kappa shape index (κ3) is 6.10. The molecule has 2 fully saturated rings. The van der Waals surface area contributed by atoms with Crippen LogP contribution in [0.4, 0.5) is 32.8 Å². The van der Waals surface area contributed by atoms with Gasteiger partial charge in [0, 0.05) is 42.8 Å². The SMILES string of the molecule is O=[N+]([O-])c1c(F)cccc1N1CCCCC1.[N-]=[N+]=Nc1ccc([N+](=O)[O-])c(N2CCCCC2)c1. The highest BCUT2D eigenvalue weighted by atomic mass is 19.1. The van der Waals surface area contributed by atoms with Gasteiger partial charge in [0.1, 0.15) is 11.4 Å². The molecule has 2 heterocycles. The lowest BCUT2D eigenvalue weighted by molar-refractivity contribution is -0.386. The Bertz CT molecular complexity index is 1080.